The molecule has 27 heteroatoms. The number of hydrogen-bond acceptors (Lipinski definition) is 27. The maximum absolute atomic E-state index is 13.5. The van der Waals surface area contributed by atoms with Crippen LogP contribution in [-0.4, -0.2) is 178 Å². The average Bonchev–Trinajstić information content (AvgIpc) is 3.83. The minimum Gasteiger partial charge on any atom is -0.463 e. The molecule has 0 amide bonds. The van der Waals surface area contributed by atoms with Gasteiger partial charge < -0.3 is 75.8 Å². The van der Waals surface area contributed by atoms with Crippen molar-refractivity contribution in [3.05, 3.63) is 0 Å². The van der Waals surface area contributed by atoms with Crippen LogP contribution in [0.15, 0.2) is 0 Å². The van der Waals surface area contributed by atoms with Crippen LogP contribution in [-0.2, 0) is 129 Å². The second-order valence-electron chi connectivity index (χ2n) is 17.5. The Morgan fingerprint density at radius 3 is 1.04 bits per heavy atom. The van der Waals surface area contributed by atoms with Gasteiger partial charge in [0.2, 0.25) is 12.1 Å². The summed E-state index contributed by atoms with van der Waals surface area (Å²) in [6.45, 7) is 12.9. The third-order valence-corrected chi connectivity index (χ3v) is 11.9. The van der Waals surface area contributed by atoms with Crippen molar-refractivity contribution in [3.63, 3.8) is 0 Å². The molecule has 6 unspecified atom stereocenters. The third-order valence-electron chi connectivity index (χ3n) is 11.9. The summed E-state index contributed by atoms with van der Waals surface area (Å²) >= 11 is 0. The summed E-state index contributed by atoms with van der Waals surface area (Å²) < 4.78 is 95.3. The second-order valence-corrected chi connectivity index (χ2v) is 17.5. The van der Waals surface area contributed by atoms with Gasteiger partial charge in [-0.2, -0.15) is 0 Å². The van der Waals surface area contributed by atoms with E-state index in [1.165, 1.54) is 76.2 Å². The zero-order valence-electron chi connectivity index (χ0n) is 46.1. The van der Waals surface area contributed by atoms with Gasteiger partial charge in [0.05, 0.1) is 6.61 Å². The molecule has 3 heterocycles. The summed E-state index contributed by atoms with van der Waals surface area (Å²) in [6, 6.07) is 0. The monoisotopic (exact) mass is 1120 g/mol. The van der Waals surface area contributed by atoms with Crippen molar-refractivity contribution in [2.45, 2.75) is 232 Å². The van der Waals surface area contributed by atoms with Crippen molar-refractivity contribution in [3.8, 4) is 0 Å². The molecule has 3 rings (SSSR count). The van der Waals surface area contributed by atoms with Crippen molar-refractivity contribution in [2.24, 2.45) is 0 Å². The average molecular weight is 1120 g/mol. The van der Waals surface area contributed by atoms with Crippen LogP contribution in [0.1, 0.15) is 147 Å². The molecule has 78 heavy (non-hydrogen) atoms. The van der Waals surface area contributed by atoms with Crippen LogP contribution in [0.5, 0.6) is 0 Å². The minimum absolute atomic E-state index is 0.0951. The number of ether oxygens (including phenoxy) is 16. The molecule has 3 fully saturated rings. The number of esters is 11. The largest absolute Gasteiger partial charge is 0.463 e. The van der Waals surface area contributed by atoms with E-state index in [2.05, 4.69) is 0 Å². The lowest BCUT2D eigenvalue weighted by Crippen LogP contribution is -2.66. The highest BCUT2D eigenvalue weighted by Crippen LogP contribution is 2.42. The Balaban J connectivity index is 2.42. The van der Waals surface area contributed by atoms with Crippen molar-refractivity contribution < 1.29 is 129 Å². The predicted octanol–water partition coefficient (Wildman–Crippen LogP) is 3.00. The van der Waals surface area contributed by atoms with Crippen LogP contribution in [0.25, 0.3) is 0 Å². The van der Waals surface area contributed by atoms with E-state index in [0.29, 0.717) is 0 Å². The number of hydrogen-bond donors (Lipinski definition) is 0. The molecule has 27 nitrogen and oxygen atoms in total. The van der Waals surface area contributed by atoms with Gasteiger partial charge in [0.15, 0.2) is 55.1 Å². The van der Waals surface area contributed by atoms with Gasteiger partial charge in [0.25, 0.3) is 0 Å². The summed E-state index contributed by atoms with van der Waals surface area (Å²) in [5.41, 5.74) is 0. The van der Waals surface area contributed by atoms with Crippen molar-refractivity contribution in [1.29, 1.82) is 0 Å². The van der Waals surface area contributed by atoms with Crippen molar-refractivity contribution in [2.75, 3.05) is 26.4 Å². The van der Waals surface area contributed by atoms with E-state index in [0.717, 1.165) is 0 Å². The summed E-state index contributed by atoms with van der Waals surface area (Å²) in [4.78, 5) is 144. The fourth-order valence-corrected chi connectivity index (χ4v) is 7.66. The van der Waals surface area contributed by atoms with Crippen LogP contribution in [0.4, 0.5) is 0 Å². The van der Waals surface area contributed by atoms with Gasteiger partial charge >= 0.3 is 65.7 Å². The third kappa shape index (κ3) is 18.8. The maximum atomic E-state index is 13.5. The van der Waals surface area contributed by atoms with Gasteiger partial charge in [-0.1, -0.05) is 76.2 Å². The molecule has 0 N–H and O–H groups in total. The highest BCUT2D eigenvalue weighted by Gasteiger charge is 2.65. The normalized spacial score (nSPS) is 28.4. The number of carbonyl (C=O) groups excluding carboxylic acids is 11. The van der Waals surface area contributed by atoms with Crippen LogP contribution >= 0.6 is 0 Å². The molecule has 14 atom stereocenters. The fourth-order valence-electron chi connectivity index (χ4n) is 7.66. The van der Waals surface area contributed by atoms with Gasteiger partial charge in [-0.05, 0) is 0 Å². The van der Waals surface area contributed by atoms with E-state index in [1.807, 2.05) is 0 Å². The summed E-state index contributed by atoms with van der Waals surface area (Å²) in [5, 5.41) is 0. The van der Waals surface area contributed by atoms with E-state index >= 15 is 0 Å². The molecule has 0 aromatic carbocycles. The van der Waals surface area contributed by atoms with Crippen LogP contribution in [0.3, 0.4) is 0 Å². The SMILES string of the molecule is CCC(=O)OCC1O[C@H](OCC2O[C@@H](O[C@]3(COC(=O)CC)O[C@H](COC(=O)CC)[C@@H](OC(=O)CC)[C@H]3OC(=O)CC)C(OC(=O)CC)C(OC(=O)CC)[C@@H]2OC(=O)CC)C(OC(=O)CC)C(OC(=O)CC)[C@H]1OC(=O)CC. The Hall–Kier alpha value is -6.03. The standard InChI is InChI=1S/C51H76O27/c1-12-30(52)63-23-27-41(69-33(55)15-4)44(72-36(58)18-7)46(74-38(60)20-9)49(67-27)65-24-28-42(70-34(56)16-5)45(73-37(59)19-8)47(75-39(61)21-10)50(68-28)78-51(26-66-32(54)14-3)48(76-40(62)22-11)43(71-35(57)17-6)29(77-51)25-64-31(53)13-2/h27-29,41-50H,12-26H2,1-11H3/t27?,28?,29-,41+,42-,43-,44?,45?,46?,47?,48-,49+,50+,51+/m1/s1. The van der Waals surface area contributed by atoms with E-state index in [1.54, 1.807) is 0 Å². The van der Waals surface area contributed by atoms with Crippen LogP contribution in [0, 0.1) is 0 Å². The Kier molecular flexibility index (Phi) is 27.8. The Morgan fingerprint density at radius 2 is 0.628 bits per heavy atom. The summed E-state index contributed by atoms with van der Waals surface area (Å²) in [5.74, 6) is -12.2. The second kappa shape index (κ2) is 32.8. The first-order valence-corrected chi connectivity index (χ1v) is 26.5. The molecule has 442 valence electrons. The molecule has 3 saturated heterocycles. The Morgan fingerprint density at radius 1 is 0.321 bits per heavy atom. The first-order valence-electron chi connectivity index (χ1n) is 26.5. The molecule has 0 radical (unpaired) electrons. The lowest BCUT2D eigenvalue weighted by Gasteiger charge is -2.48. The first-order chi connectivity index (χ1) is 37.1. The molecule has 0 bridgehead atoms. The highest BCUT2D eigenvalue weighted by atomic mass is 16.8. The quantitative estimate of drug-likeness (QED) is 0.0737. The van der Waals surface area contributed by atoms with Gasteiger partial charge in [-0.3, -0.25) is 52.7 Å². The van der Waals surface area contributed by atoms with E-state index in [4.69, 9.17) is 75.8 Å². The van der Waals surface area contributed by atoms with E-state index in [9.17, 15) is 52.7 Å². The Labute approximate surface area is 452 Å². The van der Waals surface area contributed by atoms with Crippen LogP contribution in [0.2, 0.25) is 0 Å². The Bertz CT molecular complexity index is 2060. The zero-order valence-corrected chi connectivity index (χ0v) is 46.1. The van der Waals surface area contributed by atoms with Gasteiger partial charge in [-0.25, -0.2) is 0 Å². The van der Waals surface area contributed by atoms with Gasteiger partial charge in [0.1, 0.15) is 38.1 Å². The predicted molar refractivity (Wildman–Crippen MR) is 257 cm³/mol. The van der Waals surface area contributed by atoms with Crippen molar-refractivity contribution in [1.82, 2.24) is 0 Å². The molecule has 0 aliphatic carbocycles. The van der Waals surface area contributed by atoms with Crippen molar-refractivity contribution >= 4 is 65.7 Å². The van der Waals surface area contributed by atoms with E-state index < -0.39 is 178 Å². The molecular formula is C51H76O27. The van der Waals surface area contributed by atoms with E-state index in [-0.39, 0.29) is 70.6 Å². The lowest BCUT2D eigenvalue weighted by atomic mass is 9.96. The number of carbonyl (C=O) groups is 11. The molecule has 3 aliphatic rings. The fraction of sp³-hybridized carbons (Fsp3) is 0.784. The lowest BCUT2D eigenvalue weighted by molar-refractivity contribution is -0.388. The smallest absolute Gasteiger partial charge is 0.306 e. The van der Waals surface area contributed by atoms with Crippen LogP contribution < -0.4 is 0 Å². The minimum atomic E-state index is -2.67. The molecular weight excluding hydrogens is 1040 g/mol. The molecule has 0 spiro atoms. The molecule has 0 aromatic heterocycles. The van der Waals surface area contributed by atoms with Gasteiger partial charge in [0, 0.05) is 70.6 Å². The zero-order chi connectivity index (χ0) is 58.3. The highest BCUT2D eigenvalue weighted by molar-refractivity contribution is 5.74. The molecule has 3 aliphatic heterocycles. The van der Waals surface area contributed by atoms with Gasteiger partial charge in [-0.15, -0.1) is 0 Å². The molecule has 0 saturated carbocycles. The summed E-state index contributed by atoms with van der Waals surface area (Å²) in [6.07, 6.45) is -25.8. The maximum Gasteiger partial charge on any atom is 0.306 e. The topological polar surface area (TPSA) is 335 Å². The first kappa shape index (κ1) is 66.3. The molecule has 0 aromatic rings. The number of rotatable bonds is 30. The summed E-state index contributed by atoms with van der Waals surface area (Å²) in [7, 11) is 0.